The predicted octanol–water partition coefficient (Wildman–Crippen LogP) is 6.76. The molecular formula is C27H29ClN4O. The average molecular weight is 461 g/mol. The fourth-order valence-corrected chi connectivity index (χ4v) is 3.83. The van der Waals surface area contributed by atoms with Crippen molar-refractivity contribution in [1.82, 2.24) is 9.88 Å². The van der Waals surface area contributed by atoms with Crippen LogP contribution in [0.5, 0.6) is 5.75 Å². The van der Waals surface area contributed by atoms with E-state index in [-0.39, 0.29) is 0 Å². The van der Waals surface area contributed by atoms with Crippen molar-refractivity contribution >= 4 is 29.6 Å². The number of methoxy groups -OCH3 is 1. The number of hydrogen-bond acceptors (Lipinski definition) is 5. The van der Waals surface area contributed by atoms with Gasteiger partial charge in [0.05, 0.1) is 25.0 Å². The quantitative estimate of drug-likeness (QED) is 0.349. The van der Waals surface area contributed by atoms with E-state index in [1.165, 1.54) is 0 Å². The first-order valence-corrected chi connectivity index (χ1v) is 11.0. The standard InChI is InChI=1S/C27H29ClN4O/c1-6-21(14-19(2)31-25-9-11-26(33-5)12-10-25)27(20(3)29-4)32-17-23(15-24(28)18-32)22-8-7-13-30-16-22/h6-17,31H,4,18H2,1-3,5H3/b19-14+,21-6+,27-20-. The molecule has 0 fully saturated rings. The summed E-state index contributed by atoms with van der Waals surface area (Å²) in [6.45, 7) is 10.3. The molecule has 0 spiro atoms. The van der Waals surface area contributed by atoms with Crippen molar-refractivity contribution in [1.29, 1.82) is 0 Å². The summed E-state index contributed by atoms with van der Waals surface area (Å²) < 4.78 is 5.24. The zero-order valence-corrected chi connectivity index (χ0v) is 20.2. The monoisotopic (exact) mass is 460 g/mol. The molecule has 2 aromatic rings. The number of aromatic nitrogens is 1. The Morgan fingerprint density at radius 2 is 2.00 bits per heavy atom. The molecule has 1 aliphatic rings. The smallest absolute Gasteiger partial charge is 0.119 e. The van der Waals surface area contributed by atoms with Crippen LogP contribution >= 0.6 is 11.6 Å². The molecule has 3 rings (SSSR count). The first-order valence-electron chi connectivity index (χ1n) is 10.6. The summed E-state index contributed by atoms with van der Waals surface area (Å²) in [5.74, 6) is 0.820. The number of halogens is 1. The Labute approximate surface area is 201 Å². The predicted molar refractivity (Wildman–Crippen MR) is 139 cm³/mol. The van der Waals surface area contributed by atoms with Crippen LogP contribution in [0.25, 0.3) is 5.57 Å². The van der Waals surface area contributed by atoms with E-state index in [1.807, 2.05) is 69.4 Å². The Kier molecular flexibility index (Phi) is 8.28. The lowest BCUT2D eigenvalue weighted by molar-refractivity contribution is 0.415. The summed E-state index contributed by atoms with van der Waals surface area (Å²) in [4.78, 5) is 10.6. The zero-order valence-electron chi connectivity index (χ0n) is 19.5. The average Bonchev–Trinajstić information content (AvgIpc) is 2.84. The van der Waals surface area contributed by atoms with Gasteiger partial charge in [-0.25, -0.2) is 0 Å². The Hall–Kier alpha value is -3.57. The number of nitrogens with zero attached hydrogens (tertiary/aromatic N) is 3. The lowest BCUT2D eigenvalue weighted by atomic mass is 10.0. The number of benzene rings is 1. The highest BCUT2D eigenvalue weighted by molar-refractivity contribution is 6.30. The van der Waals surface area contributed by atoms with Crippen LogP contribution in [-0.4, -0.2) is 30.3 Å². The number of anilines is 1. The second-order valence-electron chi connectivity index (χ2n) is 7.56. The Morgan fingerprint density at radius 3 is 2.61 bits per heavy atom. The molecule has 0 aliphatic carbocycles. The molecule has 0 bridgehead atoms. The Bertz CT molecular complexity index is 1140. The van der Waals surface area contributed by atoms with Crippen molar-refractivity contribution in [2.24, 2.45) is 4.99 Å². The number of allylic oxidation sites excluding steroid dienone is 6. The van der Waals surface area contributed by atoms with Crippen LogP contribution in [0.3, 0.4) is 0 Å². The molecule has 0 amide bonds. The van der Waals surface area contributed by atoms with Crippen molar-refractivity contribution in [3.63, 3.8) is 0 Å². The van der Waals surface area contributed by atoms with Gasteiger partial charge in [-0.3, -0.25) is 9.98 Å². The molecule has 170 valence electrons. The number of ether oxygens (including phenoxy) is 1. The van der Waals surface area contributed by atoms with Gasteiger partial charge in [0.25, 0.3) is 0 Å². The van der Waals surface area contributed by atoms with Gasteiger partial charge in [-0.1, -0.05) is 23.7 Å². The SMILES string of the molecule is C=N/C(C)=C(C(/C=C(\C)Nc1ccc(OC)cc1)=C/C)\N1C=C(c2cccnc2)C=C(Cl)C1. The summed E-state index contributed by atoms with van der Waals surface area (Å²) in [7, 11) is 1.66. The van der Waals surface area contributed by atoms with Gasteiger partial charge in [-0.15, -0.1) is 0 Å². The van der Waals surface area contributed by atoms with Crippen molar-refractivity contribution < 1.29 is 4.74 Å². The number of rotatable bonds is 8. The van der Waals surface area contributed by atoms with Crippen molar-refractivity contribution in [2.75, 3.05) is 19.0 Å². The van der Waals surface area contributed by atoms with Gasteiger partial charge in [0.2, 0.25) is 0 Å². The fraction of sp³-hybridized carbons (Fsp3) is 0.185. The third-order valence-corrected chi connectivity index (χ3v) is 5.41. The van der Waals surface area contributed by atoms with E-state index in [4.69, 9.17) is 16.3 Å². The molecule has 1 aromatic carbocycles. The number of pyridine rings is 1. The Morgan fingerprint density at radius 1 is 1.24 bits per heavy atom. The first-order chi connectivity index (χ1) is 15.9. The lowest BCUT2D eigenvalue weighted by Gasteiger charge is -2.29. The maximum atomic E-state index is 6.57. The van der Waals surface area contributed by atoms with Crippen LogP contribution in [0.1, 0.15) is 26.3 Å². The van der Waals surface area contributed by atoms with Gasteiger partial charge in [0.1, 0.15) is 5.75 Å². The van der Waals surface area contributed by atoms with E-state index in [9.17, 15) is 0 Å². The highest BCUT2D eigenvalue weighted by Crippen LogP contribution is 2.31. The molecule has 1 N–H and O–H groups in total. The number of nitrogens with one attached hydrogen (secondary N) is 1. The van der Waals surface area contributed by atoms with E-state index >= 15 is 0 Å². The van der Waals surface area contributed by atoms with E-state index in [0.717, 1.165) is 50.3 Å². The molecule has 1 aromatic heterocycles. The van der Waals surface area contributed by atoms with E-state index in [0.29, 0.717) is 6.54 Å². The van der Waals surface area contributed by atoms with Crippen LogP contribution in [0, 0.1) is 0 Å². The minimum absolute atomic E-state index is 0.545. The lowest BCUT2D eigenvalue weighted by Crippen LogP contribution is -2.23. The second kappa shape index (κ2) is 11.3. The molecule has 0 saturated carbocycles. The first kappa shape index (κ1) is 24.1. The molecule has 5 nitrogen and oxygen atoms in total. The highest BCUT2D eigenvalue weighted by Gasteiger charge is 2.20. The highest BCUT2D eigenvalue weighted by atomic mass is 35.5. The zero-order chi connectivity index (χ0) is 23.8. The molecule has 33 heavy (non-hydrogen) atoms. The van der Waals surface area contributed by atoms with Gasteiger partial charge >= 0.3 is 0 Å². The van der Waals surface area contributed by atoms with Crippen LogP contribution in [0.4, 0.5) is 5.69 Å². The normalized spacial score (nSPS) is 15.4. The minimum Gasteiger partial charge on any atom is -0.497 e. The molecular weight excluding hydrogens is 432 g/mol. The minimum atomic E-state index is 0.545. The maximum Gasteiger partial charge on any atom is 0.119 e. The van der Waals surface area contributed by atoms with Crippen LogP contribution in [0.2, 0.25) is 0 Å². The number of aliphatic imine (C=N–C) groups is 1. The molecule has 0 radical (unpaired) electrons. The van der Waals surface area contributed by atoms with Gasteiger partial charge in [-0.05, 0) is 75.5 Å². The molecule has 6 heteroatoms. The number of hydrogen-bond donors (Lipinski definition) is 1. The summed E-state index contributed by atoms with van der Waals surface area (Å²) in [6, 6.07) is 11.8. The molecule has 0 saturated heterocycles. The van der Waals surface area contributed by atoms with E-state index in [1.54, 1.807) is 13.3 Å². The third-order valence-electron chi connectivity index (χ3n) is 5.18. The summed E-state index contributed by atoms with van der Waals surface area (Å²) >= 11 is 6.57. The van der Waals surface area contributed by atoms with Gasteiger partial charge in [-0.2, -0.15) is 0 Å². The van der Waals surface area contributed by atoms with Gasteiger partial charge < -0.3 is 15.0 Å². The Balaban J connectivity index is 1.94. The third kappa shape index (κ3) is 6.24. The molecule has 1 aliphatic heterocycles. The van der Waals surface area contributed by atoms with Gasteiger partial charge in [0.15, 0.2) is 0 Å². The molecule has 2 heterocycles. The largest absolute Gasteiger partial charge is 0.497 e. The van der Waals surface area contributed by atoms with Crippen LogP contribution in [0.15, 0.2) is 106 Å². The van der Waals surface area contributed by atoms with Crippen LogP contribution in [-0.2, 0) is 0 Å². The summed E-state index contributed by atoms with van der Waals surface area (Å²) in [5, 5.41) is 4.17. The molecule has 0 unspecified atom stereocenters. The summed E-state index contributed by atoms with van der Waals surface area (Å²) in [5.41, 5.74) is 6.71. The summed E-state index contributed by atoms with van der Waals surface area (Å²) in [6.07, 6.45) is 11.8. The maximum absolute atomic E-state index is 6.57. The molecule has 0 atom stereocenters. The van der Waals surface area contributed by atoms with Crippen molar-refractivity contribution in [2.45, 2.75) is 20.8 Å². The topological polar surface area (TPSA) is 49.8 Å². The van der Waals surface area contributed by atoms with Crippen molar-refractivity contribution in [3.8, 4) is 5.75 Å². The fourth-order valence-electron chi connectivity index (χ4n) is 3.58. The van der Waals surface area contributed by atoms with E-state index in [2.05, 4.69) is 45.3 Å². The van der Waals surface area contributed by atoms with Gasteiger partial charge in [0, 0.05) is 46.1 Å². The second-order valence-corrected chi connectivity index (χ2v) is 8.05. The van der Waals surface area contributed by atoms with E-state index < -0.39 is 0 Å². The van der Waals surface area contributed by atoms with Crippen LogP contribution < -0.4 is 10.1 Å². The van der Waals surface area contributed by atoms with Crippen molar-refractivity contribution in [3.05, 3.63) is 106 Å².